The molecule has 0 bridgehead atoms. The molecule has 1 unspecified atom stereocenters. The Kier molecular flexibility index (Phi) is 6.44. The fourth-order valence-electron chi connectivity index (χ4n) is 3.29. The zero-order valence-electron chi connectivity index (χ0n) is 15.1. The van der Waals surface area contributed by atoms with E-state index in [1.807, 2.05) is 11.8 Å². The molecule has 6 nitrogen and oxygen atoms in total. The Hall–Kier alpha value is -2.15. The van der Waals surface area contributed by atoms with Crippen LogP contribution in [-0.2, 0) is 17.8 Å². The SMILES string of the molecule is C=CCn1nnnc1SC(C)C(=O)N1CCC(Cc2ccccc2)CC1. The molecule has 3 rings (SSSR count). The van der Waals surface area contributed by atoms with Crippen LogP contribution in [0.3, 0.4) is 0 Å². The van der Waals surface area contributed by atoms with E-state index in [0.717, 1.165) is 32.4 Å². The predicted molar refractivity (Wildman–Crippen MR) is 103 cm³/mol. The van der Waals surface area contributed by atoms with Crippen LogP contribution < -0.4 is 0 Å². The molecule has 26 heavy (non-hydrogen) atoms. The van der Waals surface area contributed by atoms with Crippen LogP contribution in [0.15, 0.2) is 48.1 Å². The predicted octanol–water partition coefficient (Wildman–Crippen LogP) is 2.82. The zero-order chi connectivity index (χ0) is 18.4. The van der Waals surface area contributed by atoms with Gasteiger partial charge in [-0.1, -0.05) is 48.2 Å². The number of tetrazole rings is 1. The third-order valence-electron chi connectivity index (χ3n) is 4.72. The van der Waals surface area contributed by atoms with Gasteiger partial charge in [0.2, 0.25) is 11.1 Å². The maximum absolute atomic E-state index is 12.8. The van der Waals surface area contributed by atoms with Crippen LogP contribution in [0.5, 0.6) is 0 Å². The molecule has 2 aromatic rings. The van der Waals surface area contributed by atoms with Crippen molar-refractivity contribution in [3.05, 3.63) is 48.6 Å². The molecule has 0 spiro atoms. The maximum Gasteiger partial charge on any atom is 0.235 e. The largest absolute Gasteiger partial charge is 0.342 e. The minimum absolute atomic E-state index is 0.168. The summed E-state index contributed by atoms with van der Waals surface area (Å²) in [5.74, 6) is 0.825. The van der Waals surface area contributed by atoms with Crippen molar-refractivity contribution in [3.8, 4) is 0 Å². The number of nitrogens with zero attached hydrogens (tertiary/aromatic N) is 5. The summed E-state index contributed by atoms with van der Waals surface area (Å²) in [5, 5.41) is 12.1. The average Bonchev–Trinajstić information content (AvgIpc) is 3.10. The lowest BCUT2D eigenvalue weighted by atomic mass is 9.90. The number of likely N-dealkylation sites (tertiary alicyclic amines) is 1. The van der Waals surface area contributed by atoms with Crippen LogP contribution in [0.4, 0.5) is 0 Å². The van der Waals surface area contributed by atoms with E-state index in [2.05, 4.69) is 52.4 Å². The third-order valence-corrected chi connectivity index (χ3v) is 5.78. The molecule has 1 aliphatic heterocycles. The van der Waals surface area contributed by atoms with E-state index in [1.165, 1.54) is 17.3 Å². The molecule has 1 fully saturated rings. The van der Waals surface area contributed by atoms with Crippen LogP contribution in [0, 0.1) is 5.92 Å². The summed E-state index contributed by atoms with van der Waals surface area (Å²) in [6, 6.07) is 10.6. The van der Waals surface area contributed by atoms with E-state index in [0.29, 0.717) is 17.6 Å². The molecular weight excluding hydrogens is 346 g/mol. The number of piperidine rings is 1. The van der Waals surface area contributed by atoms with Gasteiger partial charge in [-0.05, 0) is 48.1 Å². The van der Waals surface area contributed by atoms with Gasteiger partial charge in [-0.3, -0.25) is 4.79 Å². The number of benzene rings is 1. The number of carbonyl (C=O) groups excluding carboxylic acids is 1. The van der Waals surface area contributed by atoms with Crippen molar-refractivity contribution in [3.63, 3.8) is 0 Å². The van der Waals surface area contributed by atoms with Crippen molar-refractivity contribution in [2.45, 2.75) is 43.1 Å². The summed E-state index contributed by atoms with van der Waals surface area (Å²) in [6.07, 6.45) is 4.96. The van der Waals surface area contributed by atoms with Gasteiger partial charge in [0.1, 0.15) is 0 Å². The third kappa shape index (κ3) is 4.72. The standard InChI is InChI=1S/C19H25N5OS/c1-3-11-24-19(20-21-22-24)26-15(2)18(25)23-12-9-17(10-13-23)14-16-7-5-4-6-8-16/h3-8,15,17H,1,9-14H2,2H3. The molecule has 0 N–H and O–H groups in total. The highest BCUT2D eigenvalue weighted by molar-refractivity contribution is 8.00. The molecule has 1 aromatic carbocycles. The number of allylic oxidation sites excluding steroid dienone is 1. The Bertz CT molecular complexity index is 725. The van der Waals surface area contributed by atoms with E-state index in [-0.39, 0.29) is 11.2 Å². The van der Waals surface area contributed by atoms with Gasteiger partial charge in [0.05, 0.1) is 11.8 Å². The van der Waals surface area contributed by atoms with Crippen LogP contribution in [0.25, 0.3) is 0 Å². The topological polar surface area (TPSA) is 63.9 Å². The van der Waals surface area contributed by atoms with Gasteiger partial charge >= 0.3 is 0 Å². The summed E-state index contributed by atoms with van der Waals surface area (Å²) in [6.45, 7) is 7.83. The van der Waals surface area contributed by atoms with Crippen molar-refractivity contribution >= 4 is 17.7 Å². The van der Waals surface area contributed by atoms with Gasteiger partial charge < -0.3 is 4.90 Å². The molecule has 138 valence electrons. The van der Waals surface area contributed by atoms with Crippen LogP contribution in [0.1, 0.15) is 25.3 Å². The van der Waals surface area contributed by atoms with Gasteiger partial charge in [0.25, 0.3) is 0 Å². The zero-order valence-corrected chi connectivity index (χ0v) is 15.9. The monoisotopic (exact) mass is 371 g/mol. The smallest absolute Gasteiger partial charge is 0.235 e. The molecule has 1 aliphatic rings. The van der Waals surface area contributed by atoms with Crippen molar-refractivity contribution in [1.29, 1.82) is 0 Å². The lowest BCUT2D eigenvalue weighted by Crippen LogP contribution is -2.42. The fraction of sp³-hybridized carbons (Fsp3) is 0.474. The van der Waals surface area contributed by atoms with E-state index in [1.54, 1.807) is 10.8 Å². The number of carbonyl (C=O) groups is 1. The Labute approximate surface area is 158 Å². The first kappa shape index (κ1) is 18.6. The van der Waals surface area contributed by atoms with Crippen molar-refractivity contribution < 1.29 is 4.79 Å². The van der Waals surface area contributed by atoms with E-state index in [9.17, 15) is 4.79 Å². The fourth-order valence-corrected chi connectivity index (χ4v) is 4.17. The molecule has 0 saturated carbocycles. The first-order chi connectivity index (χ1) is 12.7. The second kappa shape index (κ2) is 8.98. The molecule has 0 aliphatic carbocycles. The average molecular weight is 372 g/mol. The normalized spacial score (nSPS) is 16.4. The molecule has 1 atom stereocenters. The minimum atomic E-state index is -0.199. The van der Waals surface area contributed by atoms with Crippen molar-refractivity contribution in [2.75, 3.05) is 13.1 Å². The summed E-state index contributed by atoms with van der Waals surface area (Å²) in [5.41, 5.74) is 1.38. The van der Waals surface area contributed by atoms with Gasteiger partial charge in [-0.2, -0.15) is 0 Å². The Morgan fingerprint density at radius 1 is 1.35 bits per heavy atom. The molecule has 1 saturated heterocycles. The number of aromatic nitrogens is 4. The van der Waals surface area contributed by atoms with Crippen molar-refractivity contribution in [1.82, 2.24) is 25.1 Å². The van der Waals surface area contributed by atoms with Gasteiger partial charge in [-0.25, -0.2) is 4.68 Å². The molecule has 0 radical (unpaired) electrons. The number of hydrogen-bond donors (Lipinski definition) is 0. The first-order valence-electron chi connectivity index (χ1n) is 9.03. The number of thioether (sulfide) groups is 1. The summed E-state index contributed by atoms with van der Waals surface area (Å²) < 4.78 is 1.66. The summed E-state index contributed by atoms with van der Waals surface area (Å²) in [7, 11) is 0. The number of hydrogen-bond acceptors (Lipinski definition) is 5. The molecule has 2 heterocycles. The highest BCUT2D eigenvalue weighted by atomic mass is 32.2. The minimum Gasteiger partial charge on any atom is -0.342 e. The Morgan fingerprint density at radius 2 is 2.08 bits per heavy atom. The lowest BCUT2D eigenvalue weighted by Gasteiger charge is -2.33. The van der Waals surface area contributed by atoms with E-state index >= 15 is 0 Å². The highest BCUT2D eigenvalue weighted by Gasteiger charge is 2.27. The van der Waals surface area contributed by atoms with E-state index < -0.39 is 0 Å². The Morgan fingerprint density at radius 3 is 2.77 bits per heavy atom. The Balaban J connectivity index is 1.49. The van der Waals surface area contributed by atoms with Gasteiger partial charge in [0, 0.05) is 13.1 Å². The van der Waals surface area contributed by atoms with Gasteiger partial charge in [-0.15, -0.1) is 11.7 Å². The van der Waals surface area contributed by atoms with E-state index in [4.69, 9.17) is 0 Å². The number of amides is 1. The first-order valence-corrected chi connectivity index (χ1v) is 9.91. The summed E-state index contributed by atoms with van der Waals surface area (Å²) in [4.78, 5) is 14.8. The second-order valence-electron chi connectivity index (χ2n) is 6.65. The molecule has 1 amide bonds. The quantitative estimate of drug-likeness (QED) is 0.553. The molecule has 1 aromatic heterocycles. The number of rotatable bonds is 7. The summed E-state index contributed by atoms with van der Waals surface area (Å²) >= 11 is 1.41. The van der Waals surface area contributed by atoms with Crippen molar-refractivity contribution in [2.24, 2.45) is 5.92 Å². The van der Waals surface area contributed by atoms with Crippen LogP contribution >= 0.6 is 11.8 Å². The highest BCUT2D eigenvalue weighted by Crippen LogP contribution is 2.26. The molecule has 7 heteroatoms. The van der Waals surface area contributed by atoms with Crippen LogP contribution in [-0.4, -0.2) is 49.4 Å². The van der Waals surface area contributed by atoms with Crippen LogP contribution in [0.2, 0.25) is 0 Å². The second-order valence-corrected chi connectivity index (χ2v) is 7.96. The maximum atomic E-state index is 12.8. The lowest BCUT2D eigenvalue weighted by molar-refractivity contribution is -0.131. The molecular formula is C19H25N5OS. The van der Waals surface area contributed by atoms with Gasteiger partial charge in [0.15, 0.2) is 0 Å².